The van der Waals surface area contributed by atoms with Crippen LogP contribution in [0.15, 0.2) is 41.8 Å². The Labute approximate surface area is 124 Å². The lowest BCUT2D eigenvalue weighted by molar-refractivity contribution is 0.174. The molecule has 1 saturated carbocycles. The van der Waals surface area contributed by atoms with E-state index in [1.165, 1.54) is 23.4 Å². The molecule has 0 aliphatic heterocycles. The smallest absolute Gasteiger partial charge is 0.0807 e. The summed E-state index contributed by atoms with van der Waals surface area (Å²) in [5.74, 6) is 0. The molecule has 1 fully saturated rings. The molecule has 0 amide bonds. The molecule has 0 unspecified atom stereocenters. The zero-order valence-electron chi connectivity index (χ0n) is 11.8. The Balaban J connectivity index is 1.91. The second kappa shape index (κ2) is 5.98. The number of para-hydroxylation sites is 1. The Bertz CT molecular complexity index is 548. The van der Waals surface area contributed by atoms with Crippen molar-refractivity contribution in [1.82, 2.24) is 0 Å². The molecule has 1 aromatic carbocycles. The van der Waals surface area contributed by atoms with Crippen LogP contribution in [0.1, 0.15) is 42.7 Å². The van der Waals surface area contributed by atoms with Crippen molar-refractivity contribution in [1.29, 1.82) is 0 Å². The van der Waals surface area contributed by atoms with Gasteiger partial charge in [-0.25, -0.2) is 0 Å². The highest BCUT2D eigenvalue weighted by Crippen LogP contribution is 2.37. The maximum atomic E-state index is 10.3. The van der Waals surface area contributed by atoms with Gasteiger partial charge in [-0.3, -0.25) is 0 Å². The average Bonchev–Trinajstić information content (AvgIpc) is 3.20. The SMILES string of the molecule is CC[C@@H](O)c1ccccc1N(Cc1cccs1)C1CC1. The third kappa shape index (κ3) is 2.89. The molecular formula is C17H21NOS. The van der Waals surface area contributed by atoms with Crippen molar-refractivity contribution in [2.75, 3.05) is 4.90 Å². The van der Waals surface area contributed by atoms with E-state index in [0.29, 0.717) is 6.04 Å². The molecule has 0 spiro atoms. The minimum atomic E-state index is -0.365. The average molecular weight is 287 g/mol. The van der Waals surface area contributed by atoms with Gasteiger partial charge in [-0.15, -0.1) is 11.3 Å². The Kier molecular flexibility index (Phi) is 4.08. The van der Waals surface area contributed by atoms with E-state index in [1.807, 2.05) is 13.0 Å². The predicted molar refractivity (Wildman–Crippen MR) is 85.2 cm³/mol. The number of thiophene rings is 1. The predicted octanol–water partition coefficient (Wildman–Crippen LogP) is 4.36. The number of anilines is 1. The molecule has 1 N–H and O–H groups in total. The minimum absolute atomic E-state index is 0.365. The first-order valence-electron chi connectivity index (χ1n) is 7.35. The van der Waals surface area contributed by atoms with Crippen molar-refractivity contribution >= 4 is 17.0 Å². The highest BCUT2D eigenvalue weighted by molar-refractivity contribution is 7.09. The summed E-state index contributed by atoms with van der Waals surface area (Å²) in [5, 5.41) is 12.4. The number of hydrogen-bond donors (Lipinski definition) is 1. The van der Waals surface area contributed by atoms with E-state index < -0.39 is 0 Å². The Morgan fingerprint density at radius 2 is 2.05 bits per heavy atom. The summed E-state index contributed by atoms with van der Waals surface area (Å²) in [6, 6.07) is 13.3. The highest BCUT2D eigenvalue weighted by atomic mass is 32.1. The van der Waals surface area contributed by atoms with Gasteiger partial charge in [-0.2, -0.15) is 0 Å². The van der Waals surface area contributed by atoms with Gasteiger partial charge < -0.3 is 10.0 Å². The Morgan fingerprint density at radius 3 is 2.70 bits per heavy atom. The number of aliphatic hydroxyl groups is 1. The molecule has 0 saturated heterocycles. The van der Waals surface area contributed by atoms with Gasteiger partial charge in [0.1, 0.15) is 0 Å². The van der Waals surface area contributed by atoms with Crippen LogP contribution in [-0.2, 0) is 6.54 Å². The van der Waals surface area contributed by atoms with Crippen LogP contribution in [0.2, 0.25) is 0 Å². The van der Waals surface area contributed by atoms with E-state index >= 15 is 0 Å². The van der Waals surface area contributed by atoms with Crippen LogP contribution >= 0.6 is 11.3 Å². The molecule has 1 atom stereocenters. The van der Waals surface area contributed by atoms with Crippen LogP contribution in [0.25, 0.3) is 0 Å². The number of benzene rings is 1. The quantitative estimate of drug-likeness (QED) is 0.853. The van der Waals surface area contributed by atoms with Crippen molar-refractivity contribution in [3.8, 4) is 0 Å². The molecule has 106 valence electrons. The fourth-order valence-corrected chi connectivity index (χ4v) is 3.32. The van der Waals surface area contributed by atoms with Crippen molar-refractivity contribution < 1.29 is 5.11 Å². The zero-order chi connectivity index (χ0) is 13.9. The van der Waals surface area contributed by atoms with E-state index in [9.17, 15) is 5.11 Å². The van der Waals surface area contributed by atoms with Crippen molar-refractivity contribution in [2.24, 2.45) is 0 Å². The monoisotopic (exact) mass is 287 g/mol. The first-order chi connectivity index (χ1) is 9.79. The van der Waals surface area contributed by atoms with Gasteiger partial charge in [0.25, 0.3) is 0 Å². The molecular weight excluding hydrogens is 266 g/mol. The van der Waals surface area contributed by atoms with Gasteiger partial charge in [0, 0.05) is 22.2 Å². The number of aliphatic hydroxyl groups excluding tert-OH is 1. The summed E-state index contributed by atoms with van der Waals surface area (Å²) in [5.41, 5.74) is 2.27. The van der Waals surface area contributed by atoms with Crippen molar-refractivity contribution in [2.45, 2.75) is 44.9 Å². The summed E-state index contributed by atoms with van der Waals surface area (Å²) in [4.78, 5) is 3.86. The minimum Gasteiger partial charge on any atom is -0.388 e. The lowest BCUT2D eigenvalue weighted by Crippen LogP contribution is -2.26. The topological polar surface area (TPSA) is 23.5 Å². The molecule has 0 bridgehead atoms. The molecule has 3 heteroatoms. The lowest BCUT2D eigenvalue weighted by Gasteiger charge is -2.28. The van der Waals surface area contributed by atoms with Crippen LogP contribution in [0.3, 0.4) is 0 Å². The number of rotatable bonds is 6. The molecule has 1 heterocycles. The van der Waals surface area contributed by atoms with Crippen molar-refractivity contribution in [3.05, 3.63) is 52.2 Å². The summed E-state index contributed by atoms with van der Waals surface area (Å²) < 4.78 is 0. The molecule has 1 aromatic heterocycles. The second-order valence-corrected chi connectivity index (χ2v) is 6.45. The van der Waals surface area contributed by atoms with Crippen molar-refractivity contribution in [3.63, 3.8) is 0 Å². The van der Waals surface area contributed by atoms with Gasteiger partial charge in [0.2, 0.25) is 0 Å². The van der Waals surface area contributed by atoms with Gasteiger partial charge in [0.05, 0.1) is 12.6 Å². The summed E-state index contributed by atoms with van der Waals surface area (Å²) in [7, 11) is 0. The lowest BCUT2D eigenvalue weighted by atomic mass is 10.0. The van der Waals surface area contributed by atoms with E-state index in [0.717, 1.165) is 18.5 Å². The molecule has 3 rings (SSSR count). The first kappa shape index (κ1) is 13.7. The van der Waals surface area contributed by atoms with E-state index in [1.54, 1.807) is 11.3 Å². The highest BCUT2D eigenvalue weighted by Gasteiger charge is 2.31. The molecule has 2 aromatic rings. The fourth-order valence-electron chi connectivity index (χ4n) is 2.62. The van der Waals surface area contributed by atoms with Gasteiger partial charge in [-0.05, 0) is 36.8 Å². The molecule has 2 nitrogen and oxygen atoms in total. The third-order valence-corrected chi connectivity index (χ3v) is 4.75. The molecule has 1 aliphatic rings. The molecule has 0 radical (unpaired) electrons. The second-order valence-electron chi connectivity index (χ2n) is 5.42. The number of hydrogen-bond acceptors (Lipinski definition) is 3. The maximum absolute atomic E-state index is 10.3. The van der Waals surface area contributed by atoms with Crippen LogP contribution in [0.5, 0.6) is 0 Å². The normalized spacial score (nSPS) is 16.1. The van der Waals surface area contributed by atoms with Crippen LogP contribution in [-0.4, -0.2) is 11.1 Å². The fraction of sp³-hybridized carbons (Fsp3) is 0.412. The van der Waals surface area contributed by atoms with Gasteiger partial charge >= 0.3 is 0 Å². The van der Waals surface area contributed by atoms with Crippen LogP contribution in [0.4, 0.5) is 5.69 Å². The van der Waals surface area contributed by atoms with Gasteiger partial charge in [-0.1, -0.05) is 31.2 Å². The van der Waals surface area contributed by atoms with E-state index in [4.69, 9.17) is 0 Å². The number of nitrogens with zero attached hydrogens (tertiary/aromatic N) is 1. The first-order valence-corrected chi connectivity index (χ1v) is 8.23. The molecule has 1 aliphatic carbocycles. The van der Waals surface area contributed by atoms with Gasteiger partial charge in [0.15, 0.2) is 0 Å². The zero-order valence-corrected chi connectivity index (χ0v) is 12.6. The summed E-state index contributed by atoms with van der Waals surface area (Å²) in [6.07, 6.45) is 2.93. The summed E-state index contributed by atoms with van der Waals surface area (Å²) >= 11 is 1.81. The largest absolute Gasteiger partial charge is 0.388 e. The standard InChI is InChI=1S/C17H21NOS/c1-2-17(19)15-7-3-4-8-16(15)18(13-9-10-13)12-14-6-5-11-20-14/h3-8,11,13,17,19H,2,9-10,12H2,1H3/t17-/m1/s1. The van der Waals surface area contributed by atoms with E-state index in [2.05, 4.69) is 40.6 Å². The van der Waals surface area contributed by atoms with Crippen LogP contribution < -0.4 is 4.90 Å². The molecule has 20 heavy (non-hydrogen) atoms. The third-order valence-electron chi connectivity index (χ3n) is 3.89. The van der Waals surface area contributed by atoms with Crippen LogP contribution in [0, 0.1) is 0 Å². The van der Waals surface area contributed by atoms with E-state index in [-0.39, 0.29) is 6.10 Å². The Morgan fingerprint density at radius 1 is 1.25 bits per heavy atom. The Hall–Kier alpha value is -1.32. The maximum Gasteiger partial charge on any atom is 0.0807 e. The summed E-state index contributed by atoms with van der Waals surface area (Å²) in [6.45, 7) is 2.98.